The van der Waals surface area contributed by atoms with Crippen LogP contribution >= 0.6 is 0 Å². The summed E-state index contributed by atoms with van der Waals surface area (Å²) in [5, 5.41) is 0. The van der Waals surface area contributed by atoms with Crippen molar-refractivity contribution in [2.24, 2.45) is 0 Å². The van der Waals surface area contributed by atoms with Gasteiger partial charge in [0, 0.05) is 5.56 Å². The molecule has 0 fully saturated rings. The van der Waals surface area contributed by atoms with E-state index in [2.05, 4.69) is 9.83 Å². The summed E-state index contributed by atoms with van der Waals surface area (Å²) in [6, 6.07) is 3.22. The fraction of sp³-hybridized carbons (Fsp3) is 0.143. The second-order valence-corrected chi connectivity index (χ2v) is 1.97. The molecule has 0 saturated heterocycles. The Morgan fingerprint density at radius 2 is 2.30 bits per heavy atom. The summed E-state index contributed by atoms with van der Waals surface area (Å²) in [6.45, 7) is 8.27. The highest BCUT2D eigenvalue weighted by Crippen LogP contribution is 2.02. The highest BCUT2D eigenvalue weighted by Gasteiger charge is 1.94. The van der Waals surface area contributed by atoms with Gasteiger partial charge in [0.25, 0.3) is 0 Å². The Balaban J connectivity index is 3.34. The van der Waals surface area contributed by atoms with Crippen molar-refractivity contribution in [1.29, 1.82) is 0 Å². The Morgan fingerprint density at radius 1 is 1.60 bits per heavy atom. The van der Waals surface area contributed by atoms with Crippen LogP contribution in [0.5, 0.6) is 0 Å². The van der Waals surface area contributed by atoms with E-state index >= 15 is 0 Å². The van der Waals surface area contributed by atoms with E-state index in [9.17, 15) is 4.79 Å². The van der Waals surface area contributed by atoms with E-state index in [1.165, 1.54) is 0 Å². The van der Waals surface area contributed by atoms with Gasteiger partial charge in [-0.05, 0) is 13.0 Å². The summed E-state index contributed by atoms with van der Waals surface area (Å²) in [7, 11) is 0. The zero-order valence-corrected chi connectivity index (χ0v) is 5.51. The van der Waals surface area contributed by atoms with Gasteiger partial charge in [-0.25, -0.2) is 4.79 Å². The van der Waals surface area contributed by atoms with Crippen LogP contribution in [0.25, 0.3) is 4.85 Å². The first kappa shape index (κ1) is 6.56. The molecule has 0 aliphatic carbocycles. The van der Waals surface area contributed by atoms with Crippen molar-refractivity contribution in [3.63, 3.8) is 0 Å². The molecule has 1 N–H and O–H groups in total. The number of H-pyrrole nitrogens is 1. The second-order valence-electron chi connectivity index (χ2n) is 1.97. The number of aromatic amines is 1. The topological polar surface area (TPSA) is 37.2 Å². The predicted molar refractivity (Wildman–Crippen MR) is 38.1 cm³/mol. The largest absolute Gasteiger partial charge is 0.364 e. The van der Waals surface area contributed by atoms with Crippen molar-refractivity contribution >= 4 is 5.82 Å². The Hall–Kier alpha value is -1.56. The minimum absolute atomic E-state index is 0.187. The molecule has 0 aromatic carbocycles. The fourth-order valence-electron chi connectivity index (χ4n) is 0.601. The van der Waals surface area contributed by atoms with E-state index in [0.717, 1.165) is 0 Å². The van der Waals surface area contributed by atoms with Gasteiger partial charge >= 0.3 is 5.56 Å². The number of hydrogen-bond acceptors (Lipinski definition) is 1. The molecular formula is C7H6N2O. The monoisotopic (exact) mass is 134 g/mol. The van der Waals surface area contributed by atoms with Crippen LogP contribution in [0.4, 0.5) is 5.82 Å². The molecule has 0 aliphatic rings. The Bertz CT molecular complexity index is 332. The first-order valence-electron chi connectivity index (χ1n) is 2.81. The van der Waals surface area contributed by atoms with E-state index in [4.69, 9.17) is 6.57 Å². The van der Waals surface area contributed by atoms with Crippen molar-refractivity contribution in [3.8, 4) is 0 Å². The molecule has 0 atom stereocenters. The molecule has 1 rings (SSSR count). The Morgan fingerprint density at radius 3 is 2.80 bits per heavy atom. The fourth-order valence-corrected chi connectivity index (χ4v) is 0.601. The van der Waals surface area contributed by atoms with Gasteiger partial charge in [-0.15, -0.1) is 0 Å². The molecule has 1 aromatic rings. The van der Waals surface area contributed by atoms with Crippen molar-refractivity contribution < 1.29 is 0 Å². The van der Waals surface area contributed by atoms with Gasteiger partial charge in [0.05, 0.1) is 0 Å². The average Bonchev–Trinajstić information content (AvgIpc) is 1.95. The Labute approximate surface area is 58.1 Å². The normalized spacial score (nSPS) is 8.80. The summed E-state index contributed by atoms with van der Waals surface area (Å²) in [4.78, 5) is 16.3. The lowest BCUT2D eigenvalue weighted by Crippen LogP contribution is -2.06. The predicted octanol–water partition coefficient (Wildman–Crippen LogP) is 1.23. The van der Waals surface area contributed by atoms with Crippen LogP contribution in [0.1, 0.15) is 5.56 Å². The minimum atomic E-state index is -0.187. The first-order chi connectivity index (χ1) is 4.74. The molecule has 0 saturated carbocycles. The van der Waals surface area contributed by atoms with E-state index < -0.39 is 0 Å². The summed E-state index contributed by atoms with van der Waals surface area (Å²) in [5.41, 5.74) is 0.445. The van der Waals surface area contributed by atoms with Gasteiger partial charge in [-0.3, -0.25) is 4.98 Å². The Kier molecular flexibility index (Phi) is 1.55. The lowest BCUT2D eigenvalue weighted by molar-refractivity contribution is 1.20. The van der Waals surface area contributed by atoms with Crippen LogP contribution in [0, 0.1) is 13.5 Å². The average molecular weight is 134 g/mol. The SMILES string of the molecule is [C-]#[N+]c1ccc(C)c(=O)[nH]1. The van der Waals surface area contributed by atoms with Crippen LogP contribution in [-0.4, -0.2) is 4.98 Å². The van der Waals surface area contributed by atoms with E-state index in [-0.39, 0.29) is 11.4 Å². The second kappa shape index (κ2) is 2.36. The van der Waals surface area contributed by atoms with Crippen molar-refractivity contribution in [2.45, 2.75) is 6.92 Å². The molecule has 0 bridgehead atoms. The molecule has 10 heavy (non-hydrogen) atoms. The molecule has 3 nitrogen and oxygen atoms in total. The zero-order chi connectivity index (χ0) is 7.56. The third-order valence-corrected chi connectivity index (χ3v) is 1.21. The summed E-state index contributed by atoms with van der Waals surface area (Å²) in [6.07, 6.45) is 0. The molecule has 50 valence electrons. The minimum Gasteiger partial charge on any atom is -0.364 e. The maximum absolute atomic E-state index is 10.8. The van der Waals surface area contributed by atoms with Crippen LogP contribution < -0.4 is 5.56 Å². The number of aryl methyl sites for hydroxylation is 1. The van der Waals surface area contributed by atoms with Crippen molar-refractivity contribution in [1.82, 2.24) is 4.98 Å². The molecular weight excluding hydrogens is 128 g/mol. The number of nitrogens with zero attached hydrogens (tertiary/aromatic N) is 1. The zero-order valence-electron chi connectivity index (χ0n) is 5.51. The van der Waals surface area contributed by atoms with E-state index in [1.807, 2.05) is 0 Å². The van der Waals surface area contributed by atoms with E-state index in [1.54, 1.807) is 19.1 Å². The maximum atomic E-state index is 10.8. The van der Waals surface area contributed by atoms with Gasteiger partial charge in [-0.2, -0.15) is 0 Å². The van der Waals surface area contributed by atoms with Crippen molar-refractivity contribution in [3.05, 3.63) is 39.5 Å². The van der Waals surface area contributed by atoms with Gasteiger partial charge < -0.3 is 4.85 Å². The highest BCUT2D eigenvalue weighted by molar-refractivity contribution is 5.35. The third-order valence-electron chi connectivity index (χ3n) is 1.21. The van der Waals surface area contributed by atoms with E-state index in [0.29, 0.717) is 5.56 Å². The summed E-state index contributed by atoms with van der Waals surface area (Å²) < 4.78 is 0. The lowest BCUT2D eigenvalue weighted by Gasteiger charge is -1.88. The van der Waals surface area contributed by atoms with Crippen LogP contribution in [-0.2, 0) is 0 Å². The molecule has 0 aliphatic heterocycles. The molecule has 0 unspecified atom stereocenters. The van der Waals surface area contributed by atoms with Crippen LogP contribution in [0.15, 0.2) is 16.9 Å². The summed E-state index contributed by atoms with van der Waals surface area (Å²) in [5.74, 6) is 0.288. The molecule has 3 heteroatoms. The van der Waals surface area contributed by atoms with Crippen LogP contribution in [0.2, 0.25) is 0 Å². The molecule has 1 heterocycles. The summed E-state index contributed by atoms with van der Waals surface area (Å²) >= 11 is 0. The van der Waals surface area contributed by atoms with Gasteiger partial charge in [0.15, 0.2) is 0 Å². The number of nitrogens with one attached hydrogen (secondary N) is 1. The molecule has 0 amide bonds. The lowest BCUT2D eigenvalue weighted by atomic mass is 10.3. The molecule has 0 spiro atoms. The number of aromatic nitrogens is 1. The number of rotatable bonds is 0. The third kappa shape index (κ3) is 1.06. The van der Waals surface area contributed by atoms with Gasteiger partial charge in [0.1, 0.15) is 0 Å². The molecule has 1 aromatic heterocycles. The van der Waals surface area contributed by atoms with Gasteiger partial charge in [0.2, 0.25) is 5.82 Å². The molecule has 0 radical (unpaired) electrons. The van der Waals surface area contributed by atoms with Gasteiger partial charge in [-0.1, -0.05) is 12.6 Å². The van der Waals surface area contributed by atoms with Crippen molar-refractivity contribution in [2.75, 3.05) is 0 Å². The highest BCUT2D eigenvalue weighted by atomic mass is 16.1. The standard InChI is InChI=1S/C7H6N2O/c1-5-3-4-6(8-2)9-7(5)10/h3-4H,1H3,(H,9,10). The number of pyridine rings is 1. The quantitative estimate of drug-likeness (QED) is 0.532. The van der Waals surface area contributed by atoms with Crippen LogP contribution in [0.3, 0.4) is 0 Å². The first-order valence-corrected chi connectivity index (χ1v) is 2.81. The maximum Gasteiger partial charge on any atom is 0.319 e. The number of hydrogen-bond donors (Lipinski definition) is 1. The smallest absolute Gasteiger partial charge is 0.319 e.